The molecule has 3 nitrogen and oxygen atoms in total. The first-order valence-electron chi connectivity index (χ1n) is 5.78. The number of aromatic nitrogens is 2. The second-order valence-corrected chi connectivity index (χ2v) is 4.89. The van der Waals surface area contributed by atoms with Crippen molar-refractivity contribution in [3.63, 3.8) is 0 Å². The Labute approximate surface area is 106 Å². The van der Waals surface area contributed by atoms with Gasteiger partial charge in [0.25, 0.3) is 0 Å². The monoisotopic (exact) mass is 247 g/mol. The van der Waals surface area contributed by atoms with Crippen LogP contribution in [0.25, 0.3) is 5.69 Å². The lowest BCUT2D eigenvalue weighted by Gasteiger charge is -2.00. The average molecular weight is 247 g/mol. The minimum atomic E-state index is 0.769. The number of thioether (sulfide) groups is 1. The number of nitrogens with two attached hydrogens (primary N) is 1. The van der Waals surface area contributed by atoms with Crippen molar-refractivity contribution in [1.29, 1.82) is 0 Å². The van der Waals surface area contributed by atoms with Gasteiger partial charge in [-0.1, -0.05) is 18.2 Å². The number of rotatable bonds is 6. The third-order valence-corrected chi connectivity index (χ3v) is 3.49. The van der Waals surface area contributed by atoms with E-state index in [0.29, 0.717) is 0 Å². The zero-order chi connectivity index (χ0) is 11.9. The molecule has 4 heteroatoms. The van der Waals surface area contributed by atoms with Crippen LogP contribution in [0.3, 0.4) is 0 Å². The number of hydrogen-bond donors (Lipinski definition) is 1. The summed E-state index contributed by atoms with van der Waals surface area (Å²) in [4.78, 5) is 0. The van der Waals surface area contributed by atoms with Crippen LogP contribution >= 0.6 is 11.8 Å². The van der Waals surface area contributed by atoms with Gasteiger partial charge in [-0.3, -0.25) is 0 Å². The Balaban J connectivity index is 1.92. The minimum absolute atomic E-state index is 0.769. The van der Waals surface area contributed by atoms with E-state index in [2.05, 4.69) is 23.3 Å². The van der Waals surface area contributed by atoms with Gasteiger partial charge in [0.1, 0.15) is 0 Å². The van der Waals surface area contributed by atoms with Crippen LogP contribution in [-0.4, -0.2) is 22.1 Å². The second kappa shape index (κ2) is 6.47. The molecular formula is C13H17N3S. The van der Waals surface area contributed by atoms with Gasteiger partial charge in [-0.2, -0.15) is 16.9 Å². The first-order valence-corrected chi connectivity index (χ1v) is 6.93. The Morgan fingerprint density at radius 2 is 2.00 bits per heavy atom. The molecule has 0 unspecified atom stereocenters. The largest absolute Gasteiger partial charge is 0.330 e. The molecule has 2 aromatic rings. The van der Waals surface area contributed by atoms with Crippen molar-refractivity contribution >= 4 is 11.8 Å². The fraction of sp³-hybridized carbons (Fsp3) is 0.308. The lowest BCUT2D eigenvalue weighted by molar-refractivity contribution is 0.859. The van der Waals surface area contributed by atoms with E-state index in [9.17, 15) is 0 Å². The highest BCUT2D eigenvalue weighted by Gasteiger charge is 2.00. The van der Waals surface area contributed by atoms with E-state index in [1.165, 1.54) is 0 Å². The van der Waals surface area contributed by atoms with Crippen LogP contribution in [0.5, 0.6) is 0 Å². The van der Waals surface area contributed by atoms with Crippen molar-refractivity contribution in [2.24, 2.45) is 5.73 Å². The molecule has 0 fully saturated rings. The van der Waals surface area contributed by atoms with Crippen LogP contribution in [0.15, 0.2) is 42.6 Å². The molecule has 2 rings (SSSR count). The van der Waals surface area contributed by atoms with Gasteiger partial charge in [0.15, 0.2) is 0 Å². The molecule has 90 valence electrons. The molecule has 2 N–H and O–H groups in total. The van der Waals surface area contributed by atoms with Gasteiger partial charge in [0, 0.05) is 11.9 Å². The summed E-state index contributed by atoms with van der Waals surface area (Å²) in [5.41, 5.74) is 7.68. The minimum Gasteiger partial charge on any atom is -0.330 e. The van der Waals surface area contributed by atoms with Crippen molar-refractivity contribution in [3.8, 4) is 5.69 Å². The molecule has 0 atom stereocenters. The highest BCUT2D eigenvalue weighted by atomic mass is 32.2. The van der Waals surface area contributed by atoms with Gasteiger partial charge in [0.05, 0.1) is 11.4 Å². The van der Waals surface area contributed by atoms with Crippen LogP contribution in [0.1, 0.15) is 12.1 Å². The third kappa shape index (κ3) is 3.61. The van der Waals surface area contributed by atoms with Crippen LogP contribution < -0.4 is 5.73 Å². The predicted molar refractivity (Wildman–Crippen MR) is 73.4 cm³/mol. The first kappa shape index (κ1) is 12.2. The average Bonchev–Trinajstić information content (AvgIpc) is 2.85. The maximum Gasteiger partial charge on any atom is 0.0727 e. The van der Waals surface area contributed by atoms with Crippen molar-refractivity contribution < 1.29 is 0 Å². The van der Waals surface area contributed by atoms with E-state index in [4.69, 9.17) is 5.73 Å². The molecule has 0 amide bonds. The Kier molecular flexibility index (Phi) is 4.64. The van der Waals surface area contributed by atoms with Crippen molar-refractivity contribution in [3.05, 3.63) is 48.3 Å². The first-order chi connectivity index (χ1) is 8.40. The van der Waals surface area contributed by atoms with E-state index < -0.39 is 0 Å². The summed E-state index contributed by atoms with van der Waals surface area (Å²) >= 11 is 1.88. The molecule has 1 aromatic carbocycles. The summed E-state index contributed by atoms with van der Waals surface area (Å²) in [6.07, 6.45) is 3.08. The van der Waals surface area contributed by atoms with Gasteiger partial charge in [-0.05, 0) is 36.9 Å². The Hall–Kier alpha value is -1.26. The lowest BCUT2D eigenvalue weighted by Crippen LogP contribution is -2.00. The van der Waals surface area contributed by atoms with Crippen molar-refractivity contribution in [1.82, 2.24) is 9.78 Å². The Morgan fingerprint density at radius 3 is 2.76 bits per heavy atom. The van der Waals surface area contributed by atoms with Crippen molar-refractivity contribution in [2.45, 2.75) is 12.2 Å². The van der Waals surface area contributed by atoms with Crippen LogP contribution in [0.4, 0.5) is 0 Å². The summed E-state index contributed by atoms with van der Waals surface area (Å²) in [6, 6.07) is 12.2. The Morgan fingerprint density at radius 1 is 1.18 bits per heavy atom. The van der Waals surface area contributed by atoms with E-state index in [1.54, 1.807) is 0 Å². The zero-order valence-electron chi connectivity index (χ0n) is 9.75. The maximum absolute atomic E-state index is 5.46. The number of nitrogens with zero attached hydrogens (tertiary/aromatic N) is 2. The molecule has 0 spiro atoms. The molecule has 0 aliphatic heterocycles. The van der Waals surface area contributed by atoms with E-state index in [1.807, 2.05) is 40.8 Å². The molecule has 1 heterocycles. The summed E-state index contributed by atoms with van der Waals surface area (Å²) in [5, 5.41) is 4.54. The van der Waals surface area contributed by atoms with E-state index >= 15 is 0 Å². The highest BCUT2D eigenvalue weighted by molar-refractivity contribution is 7.98. The Bertz CT molecular complexity index is 439. The fourth-order valence-corrected chi connectivity index (χ4v) is 2.40. The lowest BCUT2D eigenvalue weighted by atomic mass is 10.3. The summed E-state index contributed by atoms with van der Waals surface area (Å²) in [6.45, 7) is 0.769. The van der Waals surface area contributed by atoms with E-state index in [-0.39, 0.29) is 0 Å². The number of benzene rings is 1. The standard InChI is InChI=1S/C13H17N3S/c14-8-4-10-17-11-12-7-9-16(15-12)13-5-2-1-3-6-13/h1-3,5-7,9H,4,8,10-11,14H2. The number of hydrogen-bond acceptors (Lipinski definition) is 3. The summed E-state index contributed by atoms with van der Waals surface area (Å²) in [5.74, 6) is 2.06. The van der Waals surface area contributed by atoms with Gasteiger partial charge in [-0.25, -0.2) is 4.68 Å². The van der Waals surface area contributed by atoms with Gasteiger partial charge >= 0.3 is 0 Å². The van der Waals surface area contributed by atoms with Crippen LogP contribution in [-0.2, 0) is 5.75 Å². The molecule has 0 saturated carbocycles. The van der Waals surface area contributed by atoms with Crippen LogP contribution in [0.2, 0.25) is 0 Å². The topological polar surface area (TPSA) is 43.8 Å². The van der Waals surface area contributed by atoms with Crippen LogP contribution in [0, 0.1) is 0 Å². The summed E-state index contributed by atoms with van der Waals surface area (Å²) < 4.78 is 1.92. The molecule has 0 radical (unpaired) electrons. The summed E-state index contributed by atoms with van der Waals surface area (Å²) in [7, 11) is 0. The molecule has 0 saturated heterocycles. The zero-order valence-corrected chi connectivity index (χ0v) is 10.6. The highest BCUT2D eigenvalue weighted by Crippen LogP contribution is 2.13. The molecule has 0 aliphatic carbocycles. The molecule has 1 aromatic heterocycles. The van der Waals surface area contributed by atoms with Crippen molar-refractivity contribution in [2.75, 3.05) is 12.3 Å². The van der Waals surface area contributed by atoms with Gasteiger partial charge in [-0.15, -0.1) is 0 Å². The molecule has 17 heavy (non-hydrogen) atoms. The molecular weight excluding hydrogens is 230 g/mol. The maximum atomic E-state index is 5.46. The van der Waals surface area contributed by atoms with Gasteiger partial charge in [0.2, 0.25) is 0 Å². The normalized spacial score (nSPS) is 10.6. The molecule has 0 aliphatic rings. The quantitative estimate of drug-likeness (QED) is 0.797. The molecule has 0 bridgehead atoms. The SMILES string of the molecule is NCCCSCc1ccn(-c2ccccc2)n1. The number of para-hydroxylation sites is 1. The second-order valence-electron chi connectivity index (χ2n) is 3.78. The van der Waals surface area contributed by atoms with Gasteiger partial charge < -0.3 is 5.73 Å². The predicted octanol–water partition coefficient (Wildman–Crippen LogP) is 2.45. The smallest absolute Gasteiger partial charge is 0.0727 e. The van der Waals surface area contributed by atoms with E-state index in [0.717, 1.165) is 35.9 Å². The fourth-order valence-electron chi connectivity index (χ4n) is 1.53. The third-order valence-electron chi connectivity index (χ3n) is 2.41.